The van der Waals surface area contributed by atoms with Crippen LogP contribution < -0.4 is 5.32 Å². The lowest BCUT2D eigenvalue weighted by Gasteiger charge is -2.27. The maximum Gasteiger partial charge on any atom is 0.293 e. The van der Waals surface area contributed by atoms with Gasteiger partial charge in [-0.25, -0.2) is 0 Å². The standard InChI is InChI=1S/C15H25NO5/c1-12(16-6-7-17)8-14(19)10-21-15-4-2-13(3-5-15)9-20-11-18/h8,11,13,15-17H,2-7,9-10H2,1H3/b12-8-. The first-order valence-electron chi connectivity index (χ1n) is 7.38. The molecule has 0 unspecified atom stereocenters. The number of aliphatic hydroxyl groups is 1. The molecule has 1 rings (SSSR count). The zero-order valence-corrected chi connectivity index (χ0v) is 12.5. The highest BCUT2D eigenvalue weighted by atomic mass is 16.5. The van der Waals surface area contributed by atoms with Crippen molar-refractivity contribution in [3.05, 3.63) is 11.8 Å². The third-order valence-electron chi connectivity index (χ3n) is 3.55. The van der Waals surface area contributed by atoms with E-state index in [1.807, 2.05) is 0 Å². The van der Waals surface area contributed by atoms with Crippen molar-refractivity contribution in [2.24, 2.45) is 5.92 Å². The fourth-order valence-electron chi connectivity index (χ4n) is 2.43. The van der Waals surface area contributed by atoms with Crippen molar-refractivity contribution in [2.75, 3.05) is 26.4 Å². The fourth-order valence-corrected chi connectivity index (χ4v) is 2.43. The highest BCUT2D eigenvalue weighted by Gasteiger charge is 2.22. The van der Waals surface area contributed by atoms with Crippen molar-refractivity contribution in [1.82, 2.24) is 5.32 Å². The third-order valence-corrected chi connectivity index (χ3v) is 3.55. The Morgan fingerprint density at radius 1 is 1.33 bits per heavy atom. The second kappa shape index (κ2) is 10.3. The van der Waals surface area contributed by atoms with E-state index in [9.17, 15) is 9.59 Å². The Morgan fingerprint density at radius 2 is 2.05 bits per heavy atom. The predicted molar refractivity (Wildman–Crippen MR) is 77.6 cm³/mol. The third kappa shape index (κ3) is 7.82. The van der Waals surface area contributed by atoms with E-state index in [2.05, 4.69) is 5.32 Å². The zero-order chi connectivity index (χ0) is 15.5. The van der Waals surface area contributed by atoms with E-state index in [0.717, 1.165) is 31.4 Å². The van der Waals surface area contributed by atoms with E-state index in [4.69, 9.17) is 14.6 Å². The molecule has 1 saturated carbocycles. The zero-order valence-electron chi connectivity index (χ0n) is 12.5. The highest BCUT2D eigenvalue weighted by molar-refractivity contribution is 5.91. The maximum absolute atomic E-state index is 11.7. The van der Waals surface area contributed by atoms with E-state index in [1.165, 1.54) is 6.08 Å². The number of allylic oxidation sites excluding steroid dienone is 1. The van der Waals surface area contributed by atoms with Crippen molar-refractivity contribution < 1.29 is 24.2 Å². The number of carbonyl (C=O) groups is 2. The van der Waals surface area contributed by atoms with Crippen LogP contribution in [0.4, 0.5) is 0 Å². The lowest BCUT2D eigenvalue weighted by Crippen LogP contribution is -2.26. The van der Waals surface area contributed by atoms with E-state index in [-0.39, 0.29) is 25.1 Å². The highest BCUT2D eigenvalue weighted by Crippen LogP contribution is 2.26. The molecule has 2 N–H and O–H groups in total. The Kier molecular flexibility index (Phi) is 8.69. The normalized spacial score (nSPS) is 22.7. The largest absolute Gasteiger partial charge is 0.468 e. The Balaban J connectivity index is 2.18. The summed E-state index contributed by atoms with van der Waals surface area (Å²) in [4.78, 5) is 21.8. The Labute approximate surface area is 125 Å². The molecular weight excluding hydrogens is 274 g/mol. The van der Waals surface area contributed by atoms with Gasteiger partial charge < -0.3 is 19.9 Å². The summed E-state index contributed by atoms with van der Waals surface area (Å²) in [5.74, 6) is 0.333. The van der Waals surface area contributed by atoms with E-state index >= 15 is 0 Å². The van der Waals surface area contributed by atoms with E-state index in [0.29, 0.717) is 25.5 Å². The molecular formula is C15H25NO5. The smallest absolute Gasteiger partial charge is 0.293 e. The average Bonchev–Trinajstić information content (AvgIpc) is 2.50. The van der Waals surface area contributed by atoms with Gasteiger partial charge in [-0.05, 0) is 38.5 Å². The lowest BCUT2D eigenvalue weighted by atomic mass is 9.88. The van der Waals surface area contributed by atoms with Crippen LogP contribution in [-0.4, -0.2) is 49.8 Å². The molecule has 0 aromatic rings. The minimum Gasteiger partial charge on any atom is -0.468 e. The van der Waals surface area contributed by atoms with Gasteiger partial charge in [0.25, 0.3) is 6.47 Å². The number of rotatable bonds is 10. The number of aliphatic hydroxyl groups excluding tert-OH is 1. The molecule has 6 heteroatoms. The van der Waals surface area contributed by atoms with Gasteiger partial charge in [-0.1, -0.05) is 0 Å². The summed E-state index contributed by atoms with van der Waals surface area (Å²) >= 11 is 0. The van der Waals surface area contributed by atoms with Gasteiger partial charge in [-0.2, -0.15) is 0 Å². The average molecular weight is 299 g/mol. The molecule has 1 fully saturated rings. The number of ketones is 1. The first-order chi connectivity index (χ1) is 10.2. The first-order valence-corrected chi connectivity index (χ1v) is 7.38. The second-order valence-electron chi connectivity index (χ2n) is 5.33. The van der Waals surface area contributed by atoms with Crippen LogP contribution in [0.2, 0.25) is 0 Å². The SMILES string of the molecule is C/C(=C/C(=O)COC1CCC(COC=O)CC1)NCCO. The Hall–Kier alpha value is -1.40. The summed E-state index contributed by atoms with van der Waals surface area (Å²) in [6.45, 7) is 3.30. The molecule has 0 saturated heterocycles. The minimum absolute atomic E-state index is 0.0347. The topological polar surface area (TPSA) is 84.9 Å². The summed E-state index contributed by atoms with van der Waals surface area (Å²) in [5, 5.41) is 11.6. The van der Waals surface area contributed by atoms with Crippen LogP contribution in [0.1, 0.15) is 32.6 Å². The van der Waals surface area contributed by atoms with E-state index < -0.39 is 0 Å². The van der Waals surface area contributed by atoms with Crippen LogP contribution in [0, 0.1) is 5.92 Å². The molecule has 0 radical (unpaired) electrons. The van der Waals surface area contributed by atoms with Crippen LogP contribution in [0.15, 0.2) is 11.8 Å². The minimum atomic E-state index is -0.0793. The summed E-state index contributed by atoms with van der Waals surface area (Å²) < 4.78 is 10.4. The van der Waals surface area contributed by atoms with Gasteiger partial charge in [0, 0.05) is 18.3 Å². The molecule has 1 aliphatic rings. The van der Waals surface area contributed by atoms with Gasteiger partial charge in [-0.15, -0.1) is 0 Å². The molecule has 1 aliphatic carbocycles. The van der Waals surface area contributed by atoms with Crippen molar-refractivity contribution >= 4 is 12.3 Å². The van der Waals surface area contributed by atoms with Crippen LogP contribution in [0.3, 0.4) is 0 Å². The first kappa shape index (κ1) is 17.7. The molecule has 120 valence electrons. The molecule has 0 atom stereocenters. The van der Waals surface area contributed by atoms with Crippen LogP contribution >= 0.6 is 0 Å². The van der Waals surface area contributed by atoms with Crippen molar-refractivity contribution in [3.63, 3.8) is 0 Å². The summed E-state index contributed by atoms with van der Waals surface area (Å²) in [6, 6.07) is 0. The van der Waals surface area contributed by atoms with Gasteiger partial charge >= 0.3 is 0 Å². The molecule has 0 heterocycles. The van der Waals surface area contributed by atoms with Gasteiger partial charge in [-0.3, -0.25) is 9.59 Å². The molecule has 0 aliphatic heterocycles. The van der Waals surface area contributed by atoms with Crippen molar-refractivity contribution in [1.29, 1.82) is 0 Å². The fraction of sp³-hybridized carbons (Fsp3) is 0.733. The molecule has 0 aromatic carbocycles. The van der Waals surface area contributed by atoms with Gasteiger partial charge in [0.15, 0.2) is 5.78 Å². The maximum atomic E-state index is 11.7. The van der Waals surface area contributed by atoms with Crippen LogP contribution in [-0.2, 0) is 19.1 Å². The quantitative estimate of drug-likeness (QED) is 0.458. The summed E-state index contributed by atoms with van der Waals surface area (Å²) in [6.07, 6.45) is 5.32. The van der Waals surface area contributed by atoms with Crippen molar-refractivity contribution in [2.45, 2.75) is 38.7 Å². The molecule has 21 heavy (non-hydrogen) atoms. The number of hydrogen-bond acceptors (Lipinski definition) is 6. The number of hydrogen-bond donors (Lipinski definition) is 2. The van der Waals surface area contributed by atoms with Gasteiger partial charge in [0.2, 0.25) is 0 Å². The molecule has 6 nitrogen and oxygen atoms in total. The number of ether oxygens (including phenoxy) is 2. The Morgan fingerprint density at radius 3 is 2.67 bits per heavy atom. The second-order valence-corrected chi connectivity index (χ2v) is 5.33. The van der Waals surface area contributed by atoms with Crippen LogP contribution in [0.25, 0.3) is 0 Å². The van der Waals surface area contributed by atoms with Gasteiger partial charge in [0.05, 0.1) is 19.3 Å². The van der Waals surface area contributed by atoms with E-state index in [1.54, 1.807) is 6.92 Å². The van der Waals surface area contributed by atoms with Crippen LogP contribution in [0.5, 0.6) is 0 Å². The number of carbonyl (C=O) groups excluding carboxylic acids is 2. The molecule has 0 amide bonds. The summed E-state index contributed by atoms with van der Waals surface area (Å²) in [5.41, 5.74) is 0.729. The molecule has 0 bridgehead atoms. The summed E-state index contributed by atoms with van der Waals surface area (Å²) in [7, 11) is 0. The monoisotopic (exact) mass is 299 g/mol. The van der Waals surface area contributed by atoms with Gasteiger partial charge in [0.1, 0.15) is 6.61 Å². The molecule has 0 spiro atoms. The number of nitrogens with one attached hydrogen (secondary N) is 1. The Bertz CT molecular complexity index is 348. The molecule has 0 aromatic heterocycles. The lowest BCUT2D eigenvalue weighted by molar-refractivity contribution is -0.131. The van der Waals surface area contributed by atoms with Crippen molar-refractivity contribution in [3.8, 4) is 0 Å². The predicted octanol–water partition coefficient (Wildman–Crippen LogP) is 0.790.